The molecule has 1 atom stereocenters. The molecule has 3 rings (SSSR count). The van der Waals surface area contributed by atoms with Crippen molar-refractivity contribution in [2.45, 2.75) is 19.2 Å². The van der Waals surface area contributed by atoms with E-state index in [1.165, 1.54) is 4.90 Å². The first-order chi connectivity index (χ1) is 12.4. The number of hydrogen-bond donors (Lipinski definition) is 3. The summed E-state index contributed by atoms with van der Waals surface area (Å²) in [6, 6.07) is 7.40. The summed E-state index contributed by atoms with van der Waals surface area (Å²) in [6.45, 7) is 0.678. The Morgan fingerprint density at radius 2 is 2.08 bits per heavy atom. The number of aliphatic hydroxyl groups excluding tert-OH is 2. The molecule has 0 saturated carbocycles. The van der Waals surface area contributed by atoms with Crippen LogP contribution >= 0.6 is 11.6 Å². The van der Waals surface area contributed by atoms with Gasteiger partial charge in [0.05, 0.1) is 31.5 Å². The van der Waals surface area contributed by atoms with E-state index in [0.717, 1.165) is 11.3 Å². The molecular formula is C17H22ClN5O3. The number of nitrogens with one attached hydrogen (secondary N) is 1. The number of rotatable bonds is 6. The van der Waals surface area contributed by atoms with Gasteiger partial charge in [-0.1, -0.05) is 29.8 Å². The van der Waals surface area contributed by atoms with Gasteiger partial charge in [0.2, 0.25) is 5.95 Å². The number of nitrogens with zero attached hydrogens (tertiary/aromatic N) is 4. The number of carbonyl (C=O) groups is 1. The van der Waals surface area contributed by atoms with Gasteiger partial charge in [-0.05, 0) is 11.6 Å². The summed E-state index contributed by atoms with van der Waals surface area (Å²) in [7, 11) is 3.41. The summed E-state index contributed by atoms with van der Waals surface area (Å²) in [5.74, 6) is 1.08. The van der Waals surface area contributed by atoms with E-state index in [4.69, 9.17) is 16.7 Å². The number of benzene rings is 1. The topological polar surface area (TPSA) is 93.9 Å². The molecule has 0 fully saturated rings. The fourth-order valence-electron chi connectivity index (χ4n) is 2.91. The monoisotopic (exact) mass is 379 g/mol. The van der Waals surface area contributed by atoms with E-state index in [-0.39, 0.29) is 19.2 Å². The molecule has 1 unspecified atom stereocenters. The van der Waals surface area contributed by atoms with Crippen molar-refractivity contribution in [1.82, 2.24) is 14.5 Å². The van der Waals surface area contributed by atoms with Gasteiger partial charge in [0, 0.05) is 25.7 Å². The van der Waals surface area contributed by atoms with Gasteiger partial charge < -0.3 is 25.0 Å². The Hall–Kier alpha value is -2.29. The van der Waals surface area contributed by atoms with Crippen LogP contribution in [0.4, 0.5) is 16.6 Å². The molecule has 8 nitrogen and oxygen atoms in total. The summed E-state index contributed by atoms with van der Waals surface area (Å²) in [6.07, 6.45) is -0.903. The SMILES string of the molecule is CN1Cc2c(nc(NCC(O)CO)n2Cc2ccccc2Cl)N(C)C1=O. The van der Waals surface area contributed by atoms with Crippen LogP contribution in [-0.4, -0.2) is 64.0 Å². The highest BCUT2D eigenvalue weighted by Crippen LogP contribution is 2.31. The highest BCUT2D eigenvalue weighted by Gasteiger charge is 2.31. The fraction of sp³-hybridized carbons (Fsp3) is 0.412. The number of halogens is 1. The molecule has 0 radical (unpaired) electrons. The van der Waals surface area contributed by atoms with Crippen molar-refractivity contribution >= 4 is 29.4 Å². The van der Waals surface area contributed by atoms with Crippen molar-refractivity contribution in [3.05, 3.63) is 40.5 Å². The predicted octanol–water partition coefficient (Wildman–Crippen LogP) is 1.35. The molecule has 1 aliphatic heterocycles. The standard InChI is InChI=1S/C17H22ClN5O3/c1-21-9-14-15(22(2)17(21)26)20-16(19-7-12(25)10-24)23(14)8-11-5-3-4-6-13(11)18/h3-6,12,24-25H,7-10H2,1-2H3,(H,19,20). The molecule has 1 aliphatic rings. The minimum Gasteiger partial charge on any atom is -0.394 e. The number of aliphatic hydroxyl groups is 2. The number of carbonyl (C=O) groups excluding carboxylic acids is 1. The van der Waals surface area contributed by atoms with E-state index >= 15 is 0 Å². The minimum absolute atomic E-state index is 0.137. The van der Waals surface area contributed by atoms with Crippen LogP contribution < -0.4 is 10.2 Å². The second-order valence-electron chi connectivity index (χ2n) is 6.30. The van der Waals surface area contributed by atoms with Crippen LogP contribution in [0, 0.1) is 0 Å². The molecule has 1 aromatic carbocycles. The number of urea groups is 1. The zero-order chi connectivity index (χ0) is 18.8. The van der Waals surface area contributed by atoms with Gasteiger partial charge in [0.25, 0.3) is 0 Å². The molecule has 2 heterocycles. The molecular weight excluding hydrogens is 358 g/mol. The lowest BCUT2D eigenvalue weighted by Gasteiger charge is -2.30. The summed E-state index contributed by atoms with van der Waals surface area (Å²) >= 11 is 6.30. The van der Waals surface area contributed by atoms with Crippen molar-refractivity contribution in [2.75, 3.05) is 37.5 Å². The maximum Gasteiger partial charge on any atom is 0.325 e. The Bertz CT molecular complexity index is 810. The number of imidazole rings is 1. The van der Waals surface area contributed by atoms with Gasteiger partial charge in [-0.15, -0.1) is 0 Å². The predicted molar refractivity (Wildman–Crippen MR) is 99.6 cm³/mol. The fourth-order valence-corrected chi connectivity index (χ4v) is 3.11. The van der Waals surface area contributed by atoms with E-state index in [1.54, 1.807) is 19.0 Å². The number of fused-ring (bicyclic) bond motifs is 1. The van der Waals surface area contributed by atoms with Crippen molar-refractivity contribution in [1.29, 1.82) is 0 Å². The number of anilines is 2. The first-order valence-electron chi connectivity index (χ1n) is 8.26. The van der Waals surface area contributed by atoms with Crippen LogP contribution in [0.15, 0.2) is 24.3 Å². The third-order valence-corrected chi connectivity index (χ3v) is 4.73. The maximum atomic E-state index is 12.2. The number of hydrogen-bond acceptors (Lipinski definition) is 5. The summed E-state index contributed by atoms with van der Waals surface area (Å²) in [5, 5.41) is 22.4. The third kappa shape index (κ3) is 3.48. The van der Waals surface area contributed by atoms with Gasteiger partial charge >= 0.3 is 6.03 Å². The van der Waals surface area contributed by atoms with Crippen LogP contribution in [0.3, 0.4) is 0 Å². The summed E-state index contributed by atoms with van der Waals surface area (Å²) in [5.41, 5.74) is 1.79. The van der Waals surface area contributed by atoms with Gasteiger partial charge in [0.15, 0.2) is 5.82 Å². The Morgan fingerprint density at radius 1 is 1.35 bits per heavy atom. The lowest BCUT2D eigenvalue weighted by atomic mass is 10.2. The van der Waals surface area contributed by atoms with Gasteiger partial charge in [-0.2, -0.15) is 4.98 Å². The minimum atomic E-state index is -0.903. The molecule has 2 amide bonds. The normalized spacial score (nSPS) is 15.2. The van der Waals surface area contributed by atoms with E-state index in [0.29, 0.717) is 29.9 Å². The molecule has 140 valence electrons. The zero-order valence-corrected chi connectivity index (χ0v) is 15.4. The highest BCUT2D eigenvalue weighted by molar-refractivity contribution is 6.31. The van der Waals surface area contributed by atoms with Crippen molar-refractivity contribution < 1.29 is 15.0 Å². The van der Waals surface area contributed by atoms with Crippen LogP contribution in [0.5, 0.6) is 0 Å². The molecule has 0 bridgehead atoms. The van der Waals surface area contributed by atoms with Crippen molar-refractivity contribution in [2.24, 2.45) is 0 Å². The van der Waals surface area contributed by atoms with Crippen LogP contribution in [0.25, 0.3) is 0 Å². The molecule has 3 N–H and O–H groups in total. The lowest BCUT2D eigenvalue weighted by Crippen LogP contribution is -2.43. The Morgan fingerprint density at radius 3 is 2.77 bits per heavy atom. The van der Waals surface area contributed by atoms with Crippen LogP contribution in [0.2, 0.25) is 5.02 Å². The smallest absolute Gasteiger partial charge is 0.325 e. The Labute approximate surface area is 156 Å². The van der Waals surface area contributed by atoms with Gasteiger partial charge in [-0.3, -0.25) is 4.90 Å². The van der Waals surface area contributed by atoms with Crippen LogP contribution in [0.1, 0.15) is 11.3 Å². The molecule has 1 aromatic heterocycles. The van der Waals surface area contributed by atoms with E-state index in [1.807, 2.05) is 28.8 Å². The van der Waals surface area contributed by atoms with Crippen molar-refractivity contribution in [3.8, 4) is 0 Å². The summed E-state index contributed by atoms with van der Waals surface area (Å²) in [4.78, 5) is 19.9. The van der Waals surface area contributed by atoms with E-state index in [2.05, 4.69) is 10.3 Å². The summed E-state index contributed by atoms with van der Waals surface area (Å²) < 4.78 is 1.94. The Kier molecular flexibility index (Phi) is 5.36. The van der Waals surface area contributed by atoms with Gasteiger partial charge in [0.1, 0.15) is 0 Å². The maximum absolute atomic E-state index is 12.2. The third-order valence-electron chi connectivity index (χ3n) is 4.36. The quantitative estimate of drug-likeness (QED) is 0.704. The van der Waals surface area contributed by atoms with E-state index in [9.17, 15) is 9.90 Å². The number of amides is 2. The molecule has 0 aliphatic carbocycles. The average molecular weight is 380 g/mol. The number of aromatic nitrogens is 2. The average Bonchev–Trinajstić information content (AvgIpc) is 2.97. The molecule has 0 saturated heterocycles. The second-order valence-corrected chi connectivity index (χ2v) is 6.71. The van der Waals surface area contributed by atoms with Gasteiger partial charge in [-0.25, -0.2) is 4.79 Å². The molecule has 2 aromatic rings. The largest absolute Gasteiger partial charge is 0.394 e. The highest BCUT2D eigenvalue weighted by atomic mass is 35.5. The first kappa shape index (κ1) is 18.5. The second kappa shape index (κ2) is 7.53. The zero-order valence-electron chi connectivity index (χ0n) is 14.7. The lowest BCUT2D eigenvalue weighted by molar-refractivity contribution is 0.105. The van der Waals surface area contributed by atoms with E-state index < -0.39 is 6.10 Å². The molecule has 0 spiro atoms. The Balaban J connectivity index is 2.00. The first-order valence-corrected chi connectivity index (χ1v) is 8.64. The van der Waals surface area contributed by atoms with Crippen molar-refractivity contribution in [3.63, 3.8) is 0 Å². The van der Waals surface area contributed by atoms with Crippen LogP contribution in [-0.2, 0) is 13.1 Å². The molecule has 9 heteroatoms. The molecule has 26 heavy (non-hydrogen) atoms.